The molecule has 0 spiro atoms. The van der Waals surface area contributed by atoms with Gasteiger partial charge in [0.05, 0.1) is 0 Å². The number of hydrogen-bond donors (Lipinski definition) is 7. The van der Waals surface area contributed by atoms with E-state index in [1.54, 1.807) is 0 Å². The third-order valence-electron chi connectivity index (χ3n) is 0.482. The molecule has 0 atom stereocenters. The summed E-state index contributed by atoms with van der Waals surface area (Å²) < 4.78 is 0. The van der Waals surface area contributed by atoms with Crippen LogP contribution < -0.4 is 28.2 Å². The summed E-state index contributed by atoms with van der Waals surface area (Å²) in [6.45, 7) is 0. The average Bonchev–Trinajstić information content (AvgIpc) is 1.58. The standard InChI is InChI=1S/C2H10N8/c3-1(4)8-10(7)9-2(5)6/h7H2,(H4,3,4,8)(H4,5,6,9). The maximum Gasteiger partial charge on any atom is 0.203 e. The zero-order valence-electron chi connectivity index (χ0n) is 5.18. The molecule has 0 aliphatic rings. The summed E-state index contributed by atoms with van der Waals surface area (Å²) >= 11 is 0. The molecule has 10 heavy (non-hydrogen) atoms. The molecule has 0 rings (SSSR count). The van der Waals surface area contributed by atoms with Gasteiger partial charge in [0.2, 0.25) is 11.9 Å². The van der Waals surface area contributed by atoms with Crippen molar-refractivity contribution in [3.8, 4) is 0 Å². The lowest BCUT2D eigenvalue weighted by Gasteiger charge is -2.16. The lowest BCUT2D eigenvalue weighted by atomic mass is 11.0. The van der Waals surface area contributed by atoms with Crippen LogP contribution in [0.2, 0.25) is 0 Å². The number of rotatable bonds is 2. The van der Waals surface area contributed by atoms with Crippen molar-refractivity contribution in [3.05, 3.63) is 0 Å². The van der Waals surface area contributed by atoms with Crippen LogP contribution >= 0.6 is 0 Å². The fourth-order valence-corrected chi connectivity index (χ4v) is 0.287. The predicted octanol–water partition coefficient (Wildman–Crippen LogP) is -3.04. The highest BCUT2D eigenvalue weighted by molar-refractivity contribution is 5.75. The maximum atomic E-state index is 6.66. The molecule has 0 aromatic heterocycles. The topological polar surface area (TPSA) is 153 Å². The SMILES string of the molecule is N=C(N)NN(N)NC(=N)N. The van der Waals surface area contributed by atoms with Crippen LogP contribution in [0, 0.1) is 10.8 Å². The van der Waals surface area contributed by atoms with Gasteiger partial charge in [0, 0.05) is 0 Å². The summed E-state index contributed by atoms with van der Waals surface area (Å²) in [5.74, 6) is 4.34. The molecule has 0 fully saturated rings. The third kappa shape index (κ3) is 4.61. The number of nitrogens with two attached hydrogens (primary N) is 3. The van der Waals surface area contributed by atoms with Crippen molar-refractivity contribution in [2.45, 2.75) is 0 Å². The van der Waals surface area contributed by atoms with Gasteiger partial charge in [-0.2, -0.15) is 0 Å². The Morgan fingerprint density at radius 1 is 1.10 bits per heavy atom. The molecule has 10 N–H and O–H groups in total. The summed E-state index contributed by atoms with van der Waals surface area (Å²) in [5, 5.41) is 14.0. The van der Waals surface area contributed by atoms with Crippen molar-refractivity contribution in [1.29, 1.82) is 10.8 Å². The Morgan fingerprint density at radius 2 is 1.40 bits per heavy atom. The van der Waals surface area contributed by atoms with Crippen molar-refractivity contribution in [2.24, 2.45) is 17.3 Å². The first-order valence-corrected chi connectivity index (χ1v) is 2.28. The van der Waals surface area contributed by atoms with E-state index in [4.69, 9.17) is 28.1 Å². The van der Waals surface area contributed by atoms with Gasteiger partial charge in [-0.15, -0.1) is 0 Å². The van der Waals surface area contributed by atoms with Crippen LogP contribution in [0.1, 0.15) is 0 Å². The Labute approximate surface area is 57.3 Å². The number of hydrazine groups is 3. The molecular formula is C2H10N8. The van der Waals surface area contributed by atoms with E-state index >= 15 is 0 Å². The lowest BCUT2D eigenvalue weighted by molar-refractivity contribution is 0.198. The normalized spacial score (nSPS) is 9.00. The van der Waals surface area contributed by atoms with Gasteiger partial charge in [-0.25, -0.2) is 5.84 Å². The van der Waals surface area contributed by atoms with E-state index in [1.807, 2.05) is 0 Å². The summed E-state index contributed by atoms with van der Waals surface area (Å²) in [6, 6.07) is 0. The fraction of sp³-hybridized carbons (Fsp3) is 0. The molecule has 0 aliphatic carbocycles. The molecule has 8 nitrogen and oxygen atoms in total. The highest BCUT2D eigenvalue weighted by Crippen LogP contribution is 1.56. The second-order valence-corrected chi connectivity index (χ2v) is 1.42. The largest absolute Gasteiger partial charge is 0.369 e. The molecule has 0 aromatic rings. The molecule has 0 unspecified atom stereocenters. The molecule has 0 bridgehead atoms. The molecule has 0 saturated heterocycles. The van der Waals surface area contributed by atoms with Gasteiger partial charge in [-0.1, -0.05) is 5.23 Å². The van der Waals surface area contributed by atoms with E-state index in [9.17, 15) is 0 Å². The Bertz CT molecular complexity index is 122. The first-order chi connectivity index (χ1) is 4.52. The van der Waals surface area contributed by atoms with E-state index in [0.29, 0.717) is 5.23 Å². The summed E-state index contributed by atoms with van der Waals surface area (Å²) in [5.41, 5.74) is 14.0. The minimum Gasteiger partial charge on any atom is -0.369 e. The van der Waals surface area contributed by atoms with Gasteiger partial charge < -0.3 is 11.5 Å². The zero-order valence-corrected chi connectivity index (χ0v) is 5.18. The Kier molecular flexibility index (Phi) is 2.94. The van der Waals surface area contributed by atoms with E-state index in [-0.39, 0.29) is 11.9 Å². The molecule has 0 aromatic carbocycles. The monoisotopic (exact) mass is 146 g/mol. The van der Waals surface area contributed by atoms with Gasteiger partial charge in [0.25, 0.3) is 0 Å². The molecule has 58 valence electrons. The van der Waals surface area contributed by atoms with Gasteiger partial charge in [-0.05, 0) is 0 Å². The van der Waals surface area contributed by atoms with E-state index in [2.05, 4.69) is 10.9 Å². The first kappa shape index (κ1) is 8.46. The molecule has 0 heterocycles. The van der Waals surface area contributed by atoms with Crippen LogP contribution in [0.25, 0.3) is 0 Å². The summed E-state index contributed by atoms with van der Waals surface area (Å²) in [6.07, 6.45) is 0. The molecule has 0 amide bonds. The smallest absolute Gasteiger partial charge is 0.203 e. The van der Waals surface area contributed by atoms with Crippen molar-refractivity contribution >= 4 is 11.9 Å². The van der Waals surface area contributed by atoms with Gasteiger partial charge in [0.1, 0.15) is 0 Å². The predicted molar refractivity (Wildman–Crippen MR) is 36.1 cm³/mol. The lowest BCUT2D eigenvalue weighted by Crippen LogP contribution is -2.59. The van der Waals surface area contributed by atoms with E-state index in [1.165, 1.54) is 0 Å². The second kappa shape index (κ2) is 3.48. The van der Waals surface area contributed by atoms with Crippen LogP contribution in [0.3, 0.4) is 0 Å². The second-order valence-electron chi connectivity index (χ2n) is 1.42. The van der Waals surface area contributed by atoms with Crippen LogP contribution in [-0.2, 0) is 0 Å². The molecule has 0 aliphatic heterocycles. The van der Waals surface area contributed by atoms with E-state index < -0.39 is 0 Å². The minimum atomic E-state index is -0.351. The first-order valence-electron chi connectivity index (χ1n) is 2.28. The minimum absolute atomic E-state index is 0.351. The Hall–Kier alpha value is -1.54. The average molecular weight is 146 g/mol. The highest BCUT2D eigenvalue weighted by atomic mass is 15.9. The highest BCUT2D eigenvalue weighted by Gasteiger charge is 1.95. The van der Waals surface area contributed by atoms with Crippen molar-refractivity contribution in [3.63, 3.8) is 0 Å². The molecule has 0 saturated carbocycles. The molecule has 0 radical (unpaired) electrons. The van der Waals surface area contributed by atoms with E-state index in [0.717, 1.165) is 0 Å². The zero-order chi connectivity index (χ0) is 8.15. The number of guanidine groups is 2. The summed E-state index contributed by atoms with van der Waals surface area (Å²) in [4.78, 5) is 0. The van der Waals surface area contributed by atoms with Crippen molar-refractivity contribution < 1.29 is 0 Å². The van der Waals surface area contributed by atoms with Crippen LogP contribution in [0.4, 0.5) is 0 Å². The van der Waals surface area contributed by atoms with Crippen LogP contribution in [-0.4, -0.2) is 17.1 Å². The molecule has 8 heteroatoms. The Balaban J connectivity index is 3.53. The van der Waals surface area contributed by atoms with Gasteiger partial charge >= 0.3 is 0 Å². The molecular weight excluding hydrogens is 136 g/mol. The number of nitrogens with zero attached hydrogens (tertiary/aromatic N) is 1. The van der Waals surface area contributed by atoms with Crippen molar-refractivity contribution in [2.75, 3.05) is 0 Å². The van der Waals surface area contributed by atoms with Crippen molar-refractivity contribution in [1.82, 2.24) is 16.1 Å². The van der Waals surface area contributed by atoms with Gasteiger partial charge in [-0.3, -0.25) is 21.7 Å². The number of nitrogens with one attached hydrogen (secondary N) is 4. The van der Waals surface area contributed by atoms with Crippen LogP contribution in [0.15, 0.2) is 0 Å². The van der Waals surface area contributed by atoms with Gasteiger partial charge in [0.15, 0.2) is 0 Å². The fourth-order valence-electron chi connectivity index (χ4n) is 0.287. The Morgan fingerprint density at radius 3 is 1.60 bits per heavy atom. The number of hydrogen-bond acceptors (Lipinski definition) is 4. The van der Waals surface area contributed by atoms with Crippen LogP contribution in [0.5, 0.6) is 0 Å². The summed E-state index contributed by atoms with van der Waals surface area (Å²) in [7, 11) is 0. The third-order valence-corrected chi connectivity index (χ3v) is 0.482. The maximum absolute atomic E-state index is 6.66. The quantitative estimate of drug-likeness (QED) is 0.0950.